The highest BCUT2D eigenvalue weighted by molar-refractivity contribution is 7.89. The molecule has 0 aliphatic carbocycles. The maximum atomic E-state index is 13.9. The molecule has 0 aromatic heterocycles. The number of nitrogens with one attached hydrogen (secondary N) is 1. The fourth-order valence-corrected chi connectivity index (χ4v) is 2.81. The second-order valence-corrected chi connectivity index (χ2v) is 7.59. The average Bonchev–Trinajstić information content (AvgIpc) is 2.20. The summed E-state index contributed by atoms with van der Waals surface area (Å²) in [5.41, 5.74) is 6.02. The molecule has 6 heteroatoms. The SMILES string of the molecule is Cc1cc(N)cc(S(=O)(=O)NCCC(C)(C)C)c1F. The monoisotopic (exact) mass is 288 g/mol. The van der Waals surface area contributed by atoms with Crippen LogP contribution in [0.1, 0.15) is 32.8 Å². The van der Waals surface area contributed by atoms with Crippen molar-refractivity contribution in [2.75, 3.05) is 12.3 Å². The van der Waals surface area contributed by atoms with Crippen LogP contribution in [-0.2, 0) is 10.0 Å². The van der Waals surface area contributed by atoms with Crippen molar-refractivity contribution in [3.05, 3.63) is 23.5 Å². The van der Waals surface area contributed by atoms with E-state index in [0.29, 0.717) is 6.42 Å². The summed E-state index contributed by atoms with van der Waals surface area (Å²) in [6.45, 7) is 7.77. The second kappa shape index (κ2) is 5.46. The maximum Gasteiger partial charge on any atom is 0.243 e. The molecule has 108 valence electrons. The van der Waals surface area contributed by atoms with Gasteiger partial charge in [-0.1, -0.05) is 20.8 Å². The number of aryl methyl sites for hydroxylation is 1. The van der Waals surface area contributed by atoms with E-state index >= 15 is 0 Å². The summed E-state index contributed by atoms with van der Waals surface area (Å²) in [5.74, 6) is -0.752. The first-order valence-corrected chi connectivity index (χ1v) is 7.56. The Bertz CT molecular complexity index is 563. The van der Waals surface area contributed by atoms with Crippen LogP contribution in [-0.4, -0.2) is 15.0 Å². The van der Waals surface area contributed by atoms with Gasteiger partial charge < -0.3 is 5.73 Å². The van der Waals surface area contributed by atoms with Gasteiger partial charge in [-0.15, -0.1) is 0 Å². The molecule has 0 saturated heterocycles. The third-order valence-corrected chi connectivity index (χ3v) is 4.16. The van der Waals surface area contributed by atoms with Crippen LogP contribution in [0.15, 0.2) is 17.0 Å². The molecule has 1 aromatic carbocycles. The molecule has 4 nitrogen and oxygen atoms in total. The predicted molar refractivity (Wildman–Crippen MR) is 74.8 cm³/mol. The van der Waals surface area contributed by atoms with E-state index in [4.69, 9.17) is 5.73 Å². The lowest BCUT2D eigenvalue weighted by Crippen LogP contribution is -2.28. The van der Waals surface area contributed by atoms with Crippen LogP contribution >= 0.6 is 0 Å². The molecule has 0 aliphatic heterocycles. The lowest BCUT2D eigenvalue weighted by Gasteiger charge is -2.18. The fourth-order valence-electron chi connectivity index (χ4n) is 1.60. The van der Waals surface area contributed by atoms with Gasteiger partial charge in [-0.05, 0) is 36.5 Å². The Morgan fingerprint density at radius 2 is 1.89 bits per heavy atom. The van der Waals surface area contributed by atoms with Gasteiger partial charge in [0.05, 0.1) is 0 Å². The van der Waals surface area contributed by atoms with Gasteiger partial charge in [0.1, 0.15) is 10.7 Å². The minimum absolute atomic E-state index is 0.00664. The normalized spacial score (nSPS) is 12.7. The molecule has 0 fully saturated rings. The van der Waals surface area contributed by atoms with Crippen molar-refractivity contribution in [1.82, 2.24) is 4.72 Å². The van der Waals surface area contributed by atoms with Crippen molar-refractivity contribution < 1.29 is 12.8 Å². The molecule has 0 radical (unpaired) electrons. The molecule has 1 rings (SSSR count). The largest absolute Gasteiger partial charge is 0.399 e. The first-order valence-electron chi connectivity index (χ1n) is 6.08. The fraction of sp³-hybridized carbons (Fsp3) is 0.538. The second-order valence-electron chi connectivity index (χ2n) is 5.86. The zero-order valence-corrected chi connectivity index (χ0v) is 12.6. The molecule has 0 aliphatic rings. The molecular formula is C13H21FN2O2S. The summed E-state index contributed by atoms with van der Waals surface area (Å²) in [7, 11) is -3.86. The smallest absolute Gasteiger partial charge is 0.243 e. The van der Waals surface area contributed by atoms with E-state index in [9.17, 15) is 12.8 Å². The molecule has 0 atom stereocenters. The van der Waals surface area contributed by atoms with E-state index in [2.05, 4.69) is 4.72 Å². The zero-order chi connectivity index (χ0) is 14.8. The molecule has 0 saturated carbocycles. The van der Waals surface area contributed by atoms with Gasteiger partial charge in [0, 0.05) is 12.2 Å². The molecule has 19 heavy (non-hydrogen) atoms. The van der Waals surface area contributed by atoms with Gasteiger partial charge in [0.2, 0.25) is 10.0 Å². The molecule has 0 unspecified atom stereocenters. The third-order valence-electron chi connectivity index (χ3n) is 2.70. The Morgan fingerprint density at radius 1 is 1.32 bits per heavy atom. The topological polar surface area (TPSA) is 72.2 Å². The van der Waals surface area contributed by atoms with Crippen LogP contribution < -0.4 is 10.5 Å². The lowest BCUT2D eigenvalue weighted by atomic mass is 9.93. The lowest BCUT2D eigenvalue weighted by molar-refractivity contribution is 0.378. The van der Waals surface area contributed by atoms with Gasteiger partial charge >= 0.3 is 0 Å². The number of hydrogen-bond acceptors (Lipinski definition) is 3. The van der Waals surface area contributed by atoms with Crippen LogP contribution in [0, 0.1) is 18.2 Å². The standard InChI is InChI=1S/C13H21FN2O2S/c1-9-7-10(15)8-11(12(9)14)19(17,18)16-6-5-13(2,3)4/h7-8,16H,5-6,15H2,1-4H3. The number of hydrogen-bond donors (Lipinski definition) is 2. The van der Waals surface area contributed by atoms with E-state index in [-0.39, 0.29) is 28.1 Å². The number of rotatable bonds is 4. The van der Waals surface area contributed by atoms with Crippen molar-refractivity contribution in [3.63, 3.8) is 0 Å². The Kier molecular flexibility index (Phi) is 4.58. The van der Waals surface area contributed by atoms with Crippen LogP contribution in [0.4, 0.5) is 10.1 Å². The summed E-state index contributed by atoms with van der Waals surface area (Å²) in [6.07, 6.45) is 0.662. The van der Waals surface area contributed by atoms with E-state index in [1.165, 1.54) is 13.0 Å². The summed E-state index contributed by atoms with van der Waals surface area (Å²) in [4.78, 5) is -0.390. The highest BCUT2D eigenvalue weighted by Gasteiger charge is 2.21. The first kappa shape index (κ1) is 15.9. The minimum atomic E-state index is -3.86. The number of nitrogens with two attached hydrogens (primary N) is 1. The molecule has 3 N–H and O–H groups in total. The molecule has 0 amide bonds. The van der Waals surface area contributed by atoms with Crippen molar-refractivity contribution in [3.8, 4) is 0 Å². The summed E-state index contributed by atoms with van der Waals surface area (Å²) in [5, 5.41) is 0. The Hall–Kier alpha value is -1.14. The van der Waals surface area contributed by atoms with Crippen LogP contribution in [0.5, 0.6) is 0 Å². The van der Waals surface area contributed by atoms with E-state index < -0.39 is 15.8 Å². The van der Waals surface area contributed by atoms with E-state index in [0.717, 1.165) is 6.07 Å². The number of benzene rings is 1. The zero-order valence-electron chi connectivity index (χ0n) is 11.7. The van der Waals surface area contributed by atoms with Gasteiger partial charge in [0.25, 0.3) is 0 Å². The maximum absolute atomic E-state index is 13.9. The highest BCUT2D eigenvalue weighted by Crippen LogP contribution is 2.22. The van der Waals surface area contributed by atoms with E-state index in [1.54, 1.807) is 0 Å². The van der Waals surface area contributed by atoms with Crippen molar-refractivity contribution >= 4 is 15.7 Å². The third kappa shape index (κ3) is 4.47. The molecule has 0 spiro atoms. The average molecular weight is 288 g/mol. The predicted octanol–water partition coefficient (Wildman–Crippen LogP) is 2.43. The number of nitrogen functional groups attached to an aromatic ring is 1. The molecule has 1 aromatic rings. The first-order chi connectivity index (χ1) is 8.53. The van der Waals surface area contributed by atoms with Gasteiger partial charge in [-0.25, -0.2) is 17.5 Å². The number of halogens is 1. The van der Waals surface area contributed by atoms with Gasteiger partial charge in [-0.3, -0.25) is 0 Å². The molecule has 0 heterocycles. The molecular weight excluding hydrogens is 267 g/mol. The van der Waals surface area contributed by atoms with Crippen LogP contribution in [0.25, 0.3) is 0 Å². The van der Waals surface area contributed by atoms with Crippen molar-refractivity contribution in [1.29, 1.82) is 0 Å². The van der Waals surface area contributed by atoms with Crippen molar-refractivity contribution in [2.45, 2.75) is 39.0 Å². The van der Waals surface area contributed by atoms with Crippen LogP contribution in [0.2, 0.25) is 0 Å². The highest BCUT2D eigenvalue weighted by atomic mass is 32.2. The summed E-state index contributed by atoms with van der Waals surface area (Å²) < 4.78 is 40.3. The summed E-state index contributed by atoms with van der Waals surface area (Å²) >= 11 is 0. The van der Waals surface area contributed by atoms with Gasteiger partial charge in [-0.2, -0.15) is 0 Å². The summed E-state index contributed by atoms with van der Waals surface area (Å²) in [6, 6.07) is 2.55. The minimum Gasteiger partial charge on any atom is -0.399 e. The number of anilines is 1. The van der Waals surface area contributed by atoms with Crippen LogP contribution in [0.3, 0.4) is 0 Å². The van der Waals surface area contributed by atoms with Crippen molar-refractivity contribution in [2.24, 2.45) is 5.41 Å². The van der Waals surface area contributed by atoms with E-state index in [1.807, 2.05) is 20.8 Å². The Labute approximate surface area is 114 Å². The number of sulfonamides is 1. The molecule has 0 bridgehead atoms. The Morgan fingerprint density at radius 3 is 2.42 bits per heavy atom. The quantitative estimate of drug-likeness (QED) is 0.836. The Balaban J connectivity index is 2.95. The van der Waals surface area contributed by atoms with Gasteiger partial charge in [0.15, 0.2) is 0 Å².